The van der Waals surface area contributed by atoms with Gasteiger partial charge in [-0.1, -0.05) is 11.6 Å². The van der Waals surface area contributed by atoms with Gasteiger partial charge in [0.1, 0.15) is 5.82 Å². The number of carbonyl (C=O) groups excluding carboxylic acids is 1. The Bertz CT molecular complexity index is 1050. The number of piperidine rings is 1. The Morgan fingerprint density at radius 1 is 1.07 bits per heavy atom. The van der Waals surface area contributed by atoms with Crippen molar-refractivity contribution in [3.63, 3.8) is 0 Å². The van der Waals surface area contributed by atoms with Crippen molar-refractivity contribution in [2.45, 2.75) is 18.4 Å². The fourth-order valence-electron chi connectivity index (χ4n) is 4.37. The summed E-state index contributed by atoms with van der Waals surface area (Å²) in [5.41, 5.74) is 3.24. The fraction of sp³-hybridized carbons (Fsp3) is 0.227. The SMILES string of the molecule is O=C(c1ccc(Cl)cc1)N1CCC2(CC1)Nc1cc(F)ccc1-n1cccc12. The number of halogens is 2. The first-order valence-electron chi connectivity index (χ1n) is 9.37. The van der Waals surface area contributed by atoms with Crippen molar-refractivity contribution < 1.29 is 9.18 Å². The van der Waals surface area contributed by atoms with Crippen LogP contribution in [0.15, 0.2) is 60.8 Å². The summed E-state index contributed by atoms with van der Waals surface area (Å²) in [5.74, 6) is -0.239. The molecule has 1 aromatic heterocycles. The minimum Gasteiger partial charge on any atom is -0.372 e. The lowest BCUT2D eigenvalue weighted by Crippen LogP contribution is -2.51. The summed E-state index contributed by atoms with van der Waals surface area (Å²) in [6.07, 6.45) is 3.53. The second kappa shape index (κ2) is 6.38. The number of fused-ring (bicyclic) bond motifs is 4. The van der Waals surface area contributed by atoms with Crippen LogP contribution in [0.4, 0.5) is 10.1 Å². The first-order chi connectivity index (χ1) is 13.6. The molecular weight excluding hydrogens is 377 g/mol. The molecule has 0 bridgehead atoms. The molecule has 0 radical (unpaired) electrons. The molecule has 0 aliphatic carbocycles. The van der Waals surface area contributed by atoms with Crippen LogP contribution in [0, 0.1) is 5.82 Å². The van der Waals surface area contributed by atoms with Gasteiger partial charge in [0.25, 0.3) is 5.91 Å². The first kappa shape index (κ1) is 17.3. The van der Waals surface area contributed by atoms with Gasteiger partial charge in [0.15, 0.2) is 0 Å². The van der Waals surface area contributed by atoms with Crippen LogP contribution < -0.4 is 5.32 Å². The number of amides is 1. The van der Waals surface area contributed by atoms with Crippen LogP contribution in [-0.2, 0) is 5.54 Å². The zero-order valence-electron chi connectivity index (χ0n) is 15.2. The van der Waals surface area contributed by atoms with E-state index >= 15 is 0 Å². The van der Waals surface area contributed by atoms with Gasteiger partial charge >= 0.3 is 0 Å². The van der Waals surface area contributed by atoms with Gasteiger partial charge in [0.2, 0.25) is 0 Å². The monoisotopic (exact) mass is 395 g/mol. The third-order valence-corrected chi connectivity index (χ3v) is 6.08. The number of nitrogens with one attached hydrogen (secondary N) is 1. The third-order valence-electron chi connectivity index (χ3n) is 5.83. The molecule has 1 saturated heterocycles. The van der Waals surface area contributed by atoms with E-state index < -0.39 is 0 Å². The average Bonchev–Trinajstić information content (AvgIpc) is 3.20. The molecular formula is C22H19ClFN3O. The zero-order valence-corrected chi connectivity index (χ0v) is 15.9. The minimum absolute atomic E-state index is 0.0177. The Morgan fingerprint density at radius 3 is 2.57 bits per heavy atom. The summed E-state index contributed by atoms with van der Waals surface area (Å²) in [5, 5.41) is 4.20. The van der Waals surface area contributed by atoms with Crippen molar-refractivity contribution in [2.75, 3.05) is 18.4 Å². The molecule has 2 aliphatic rings. The highest BCUT2D eigenvalue weighted by atomic mass is 35.5. The van der Waals surface area contributed by atoms with E-state index in [4.69, 9.17) is 11.6 Å². The Balaban J connectivity index is 1.41. The summed E-state index contributed by atoms with van der Waals surface area (Å²) in [6.45, 7) is 1.26. The van der Waals surface area contributed by atoms with Crippen LogP contribution in [0.1, 0.15) is 28.9 Å². The predicted molar refractivity (Wildman–Crippen MR) is 108 cm³/mol. The van der Waals surface area contributed by atoms with E-state index in [2.05, 4.69) is 16.0 Å². The van der Waals surface area contributed by atoms with E-state index in [1.165, 1.54) is 6.07 Å². The number of nitrogens with zero attached hydrogens (tertiary/aromatic N) is 2. The summed E-state index contributed by atoms with van der Waals surface area (Å²) in [4.78, 5) is 14.7. The number of anilines is 1. The van der Waals surface area contributed by atoms with Crippen LogP contribution >= 0.6 is 11.6 Å². The van der Waals surface area contributed by atoms with Gasteiger partial charge in [-0.25, -0.2) is 4.39 Å². The predicted octanol–water partition coefficient (Wildman–Crippen LogP) is 4.83. The molecule has 1 fully saturated rings. The summed E-state index contributed by atoms with van der Waals surface area (Å²) in [7, 11) is 0. The summed E-state index contributed by atoms with van der Waals surface area (Å²) in [6, 6.07) is 15.9. The largest absolute Gasteiger partial charge is 0.372 e. The van der Waals surface area contributed by atoms with E-state index in [-0.39, 0.29) is 17.3 Å². The van der Waals surface area contributed by atoms with Crippen LogP contribution in [0.25, 0.3) is 5.69 Å². The molecule has 0 saturated carbocycles. The van der Waals surface area contributed by atoms with E-state index in [9.17, 15) is 9.18 Å². The maximum atomic E-state index is 13.8. The average molecular weight is 396 g/mol. The number of benzene rings is 2. The maximum absolute atomic E-state index is 13.8. The van der Waals surface area contributed by atoms with Gasteiger partial charge in [0.05, 0.1) is 16.9 Å². The molecule has 6 heteroatoms. The van der Waals surface area contributed by atoms with Crippen LogP contribution in [0.5, 0.6) is 0 Å². The van der Waals surface area contributed by atoms with Gasteiger partial charge in [-0.2, -0.15) is 0 Å². The normalized spacial score (nSPS) is 17.0. The Labute approximate surface area is 167 Å². The molecule has 0 atom stereocenters. The molecule has 2 aliphatic heterocycles. The molecule has 142 valence electrons. The molecule has 3 aromatic rings. The molecule has 4 nitrogen and oxygen atoms in total. The number of hydrogen-bond acceptors (Lipinski definition) is 2. The lowest BCUT2D eigenvalue weighted by Gasteiger charge is -2.46. The number of carbonyl (C=O) groups is 1. The Hall–Kier alpha value is -2.79. The smallest absolute Gasteiger partial charge is 0.253 e. The number of likely N-dealkylation sites (tertiary alicyclic amines) is 1. The van der Waals surface area contributed by atoms with Gasteiger partial charge in [0, 0.05) is 35.6 Å². The molecule has 2 aromatic carbocycles. The zero-order chi connectivity index (χ0) is 19.3. The van der Waals surface area contributed by atoms with Crippen molar-refractivity contribution >= 4 is 23.2 Å². The fourth-order valence-corrected chi connectivity index (χ4v) is 4.49. The highest BCUT2D eigenvalue weighted by Crippen LogP contribution is 2.43. The highest BCUT2D eigenvalue weighted by Gasteiger charge is 2.42. The number of hydrogen-bond donors (Lipinski definition) is 1. The van der Waals surface area contributed by atoms with E-state index in [0.717, 1.165) is 29.9 Å². The van der Waals surface area contributed by atoms with Gasteiger partial charge in [-0.15, -0.1) is 0 Å². The van der Waals surface area contributed by atoms with Crippen molar-refractivity contribution in [1.82, 2.24) is 9.47 Å². The van der Waals surface area contributed by atoms with Gasteiger partial charge in [-0.05, 0) is 67.4 Å². The molecule has 0 unspecified atom stereocenters. The maximum Gasteiger partial charge on any atom is 0.253 e. The lowest BCUT2D eigenvalue weighted by atomic mass is 9.82. The molecule has 1 N–H and O–H groups in total. The highest BCUT2D eigenvalue weighted by molar-refractivity contribution is 6.30. The lowest BCUT2D eigenvalue weighted by molar-refractivity contribution is 0.0676. The molecule has 1 amide bonds. The summed E-state index contributed by atoms with van der Waals surface area (Å²) < 4.78 is 16.0. The molecule has 28 heavy (non-hydrogen) atoms. The van der Waals surface area contributed by atoms with Crippen LogP contribution in [-0.4, -0.2) is 28.5 Å². The quantitative estimate of drug-likeness (QED) is 0.641. The Kier molecular flexibility index (Phi) is 3.95. The molecule has 5 rings (SSSR count). The second-order valence-corrected chi connectivity index (χ2v) is 7.87. The number of aromatic nitrogens is 1. The topological polar surface area (TPSA) is 37.3 Å². The van der Waals surface area contributed by atoms with Gasteiger partial charge < -0.3 is 14.8 Å². The van der Waals surface area contributed by atoms with E-state index in [1.807, 2.05) is 17.2 Å². The van der Waals surface area contributed by atoms with Crippen molar-refractivity contribution in [1.29, 1.82) is 0 Å². The van der Waals surface area contributed by atoms with Crippen molar-refractivity contribution in [2.24, 2.45) is 0 Å². The minimum atomic E-state index is -0.304. The summed E-state index contributed by atoms with van der Waals surface area (Å²) >= 11 is 5.93. The molecule has 1 spiro atoms. The second-order valence-electron chi connectivity index (χ2n) is 7.43. The van der Waals surface area contributed by atoms with Gasteiger partial charge in [-0.3, -0.25) is 4.79 Å². The molecule has 3 heterocycles. The first-order valence-corrected chi connectivity index (χ1v) is 9.74. The van der Waals surface area contributed by atoms with Crippen molar-refractivity contribution in [3.05, 3.63) is 82.9 Å². The number of rotatable bonds is 1. The van der Waals surface area contributed by atoms with Crippen LogP contribution in [0.2, 0.25) is 5.02 Å². The van der Waals surface area contributed by atoms with E-state index in [1.54, 1.807) is 36.4 Å². The van der Waals surface area contributed by atoms with Crippen LogP contribution in [0.3, 0.4) is 0 Å². The van der Waals surface area contributed by atoms with E-state index in [0.29, 0.717) is 23.7 Å². The standard InChI is InChI=1S/C22H19ClFN3O/c23-16-5-3-15(4-6-16)21(28)26-12-9-22(10-13-26)20-2-1-11-27(20)19-8-7-17(24)14-18(19)25-22/h1-8,11,14,25H,9-10,12-13H2. The third kappa shape index (κ3) is 2.69. The Morgan fingerprint density at radius 2 is 1.82 bits per heavy atom. The van der Waals surface area contributed by atoms with Crippen molar-refractivity contribution in [3.8, 4) is 5.69 Å².